The Hall–Kier alpha value is -3.93. The number of carbonyl (C=O) groups is 3. The van der Waals surface area contributed by atoms with Crippen molar-refractivity contribution >= 4 is 17.9 Å². The first-order valence-corrected chi connectivity index (χ1v) is 10.4. The topological polar surface area (TPSA) is 78.9 Å². The largest absolute Gasteiger partial charge is 0.425 e. The number of unbranched alkanes of at least 4 members (excludes halogenated alkanes) is 1. The molecule has 0 amide bonds. The second kappa shape index (κ2) is 10.9. The molecule has 0 saturated carbocycles. The zero-order chi connectivity index (χ0) is 22.8. The SMILES string of the molecule is CCCCC(C(=O)Oc1ccccc1)(C(=O)Oc1ccccc1)C(=O)Oc1ccccc1. The van der Waals surface area contributed by atoms with Crippen LogP contribution in [-0.4, -0.2) is 17.9 Å². The van der Waals surface area contributed by atoms with Crippen LogP contribution in [-0.2, 0) is 14.4 Å². The summed E-state index contributed by atoms with van der Waals surface area (Å²) in [6.45, 7) is 1.89. The van der Waals surface area contributed by atoms with E-state index in [4.69, 9.17) is 14.2 Å². The Labute approximate surface area is 186 Å². The summed E-state index contributed by atoms with van der Waals surface area (Å²) in [6, 6.07) is 24.7. The number of carbonyl (C=O) groups excluding carboxylic acids is 3. The predicted molar refractivity (Wildman–Crippen MR) is 118 cm³/mol. The standard InChI is InChI=1S/C26H24O6/c1-2-3-19-26(23(27)30-20-13-7-4-8-14-20,24(28)31-21-15-9-5-10-16-21)25(29)32-22-17-11-6-12-18-22/h4-18H,2-3,19H2,1H3. The minimum atomic E-state index is -2.29. The smallest absolute Gasteiger partial charge is 0.340 e. The molecule has 0 aliphatic carbocycles. The highest BCUT2D eigenvalue weighted by molar-refractivity contribution is 6.19. The molecule has 3 rings (SSSR count). The van der Waals surface area contributed by atoms with Crippen LogP contribution in [0.3, 0.4) is 0 Å². The van der Waals surface area contributed by atoms with Gasteiger partial charge in [-0.25, -0.2) is 14.4 Å². The lowest BCUT2D eigenvalue weighted by molar-refractivity contribution is -0.172. The zero-order valence-corrected chi connectivity index (χ0v) is 17.7. The summed E-state index contributed by atoms with van der Waals surface area (Å²) in [6.07, 6.45) is 0.918. The Morgan fingerprint density at radius 2 is 0.906 bits per heavy atom. The van der Waals surface area contributed by atoms with Crippen LogP contribution >= 0.6 is 0 Å². The van der Waals surface area contributed by atoms with Crippen LogP contribution in [0.25, 0.3) is 0 Å². The number of esters is 3. The molecule has 0 bridgehead atoms. The van der Waals surface area contributed by atoms with Crippen molar-refractivity contribution < 1.29 is 28.6 Å². The maximum absolute atomic E-state index is 13.4. The van der Waals surface area contributed by atoms with Crippen LogP contribution in [0, 0.1) is 5.41 Å². The molecule has 6 nitrogen and oxygen atoms in total. The van der Waals surface area contributed by atoms with Gasteiger partial charge in [0.2, 0.25) is 0 Å². The third kappa shape index (κ3) is 5.40. The number of para-hydroxylation sites is 3. The van der Waals surface area contributed by atoms with Crippen molar-refractivity contribution in [3.8, 4) is 17.2 Å². The van der Waals surface area contributed by atoms with E-state index < -0.39 is 23.3 Å². The van der Waals surface area contributed by atoms with Crippen molar-refractivity contribution in [3.05, 3.63) is 91.0 Å². The van der Waals surface area contributed by atoms with Gasteiger partial charge in [-0.2, -0.15) is 0 Å². The average molecular weight is 432 g/mol. The lowest BCUT2D eigenvalue weighted by Gasteiger charge is -2.27. The van der Waals surface area contributed by atoms with Gasteiger partial charge >= 0.3 is 17.9 Å². The van der Waals surface area contributed by atoms with E-state index in [1.165, 1.54) is 0 Å². The number of benzene rings is 3. The first-order chi connectivity index (χ1) is 15.6. The molecule has 3 aromatic rings. The van der Waals surface area contributed by atoms with Crippen LogP contribution in [0.15, 0.2) is 91.0 Å². The summed E-state index contributed by atoms with van der Waals surface area (Å²) in [7, 11) is 0. The third-order valence-corrected chi connectivity index (χ3v) is 4.81. The van der Waals surface area contributed by atoms with Crippen molar-refractivity contribution in [2.45, 2.75) is 26.2 Å². The first-order valence-electron chi connectivity index (χ1n) is 10.4. The molecule has 3 aromatic carbocycles. The summed E-state index contributed by atoms with van der Waals surface area (Å²) < 4.78 is 16.4. The van der Waals surface area contributed by atoms with Crippen molar-refractivity contribution in [2.75, 3.05) is 0 Å². The van der Waals surface area contributed by atoms with E-state index in [0.717, 1.165) is 0 Å². The molecular formula is C26H24O6. The Morgan fingerprint density at radius 1 is 0.594 bits per heavy atom. The van der Waals surface area contributed by atoms with E-state index in [1.807, 2.05) is 6.92 Å². The van der Waals surface area contributed by atoms with E-state index in [0.29, 0.717) is 12.8 Å². The lowest BCUT2D eigenvalue weighted by atomic mass is 9.82. The van der Waals surface area contributed by atoms with Crippen LogP contribution in [0.1, 0.15) is 26.2 Å². The number of ether oxygens (including phenoxy) is 3. The van der Waals surface area contributed by atoms with E-state index >= 15 is 0 Å². The molecule has 32 heavy (non-hydrogen) atoms. The quantitative estimate of drug-likeness (QED) is 0.270. The first kappa shape index (κ1) is 22.7. The zero-order valence-electron chi connectivity index (χ0n) is 17.7. The molecular weight excluding hydrogens is 408 g/mol. The monoisotopic (exact) mass is 432 g/mol. The molecule has 0 heterocycles. The molecule has 164 valence electrons. The highest BCUT2D eigenvalue weighted by Crippen LogP contribution is 2.33. The Balaban J connectivity index is 2.00. The number of hydrogen-bond donors (Lipinski definition) is 0. The summed E-state index contributed by atoms with van der Waals surface area (Å²) in [5.74, 6) is -2.51. The summed E-state index contributed by atoms with van der Waals surface area (Å²) in [4.78, 5) is 40.1. The summed E-state index contributed by atoms with van der Waals surface area (Å²) in [5.41, 5.74) is -2.29. The highest BCUT2D eigenvalue weighted by atomic mass is 16.6. The second-order valence-corrected chi connectivity index (χ2v) is 7.12. The van der Waals surface area contributed by atoms with E-state index in [9.17, 15) is 14.4 Å². The molecule has 0 radical (unpaired) electrons. The van der Waals surface area contributed by atoms with Crippen molar-refractivity contribution in [1.29, 1.82) is 0 Å². The molecule has 0 spiro atoms. The van der Waals surface area contributed by atoms with Gasteiger partial charge < -0.3 is 14.2 Å². The van der Waals surface area contributed by atoms with Gasteiger partial charge in [-0.1, -0.05) is 74.4 Å². The van der Waals surface area contributed by atoms with Crippen molar-refractivity contribution in [2.24, 2.45) is 5.41 Å². The molecule has 0 atom stereocenters. The van der Waals surface area contributed by atoms with Gasteiger partial charge in [-0.05, 0) is 42.8 Å². The van der Waals surface area contributed by atoms with Crippen molar-refractivity contribution in [3.63, 3.8) is 0 Å². The van der Waals surface area contributed by atoms with E-state index in [-0.39, 0.29) is 23.7 Å². The predicted octanol–water partition coefficient (Wildman–Crippen LogP) is 4.98. The van der Waals surface area contributed by atoms with Crippen molar-refractivity contribution in [1.82, 2.24) is 0 Å². The number of rotatable bonds is 9. The van der Waals surface area contributed by atoms with Gasteiger partial charge in [-0.3, -0.25) is 0 Å². The Kier molecular flexibility index (Phi) is 7.75. The second-order valence-electron chi connectivity index (χ2n) is 7.12. The van der Waals surface area contributed by atoms with Gasteiger partial charge in [0.1, 0.15) is 17.2 Å². The Morgan fingerprint density at radius 3 is 1.19 bits per heavy atom. The third-order valence-electron chi connectivity index (χ3n) is 4.81. The molecule has 0 N–H and O–H groups in total. The molecule has 0 unspecified atom stereocenters. The molecule has 0 aliphatic heterocycles. The average Bonchev–Trinajstić information content (AvgIpc) is 2.81. The van der Waals surface area contributed by atoms with Crippen LogP contribution in [0.2, 0.25) is 0 Å². The maximum Gasteiger partial charge on any atom is 0.340 e. The van der Waals surface area contributed by atoms with Gasteiger partial charge in [-0.15, -0.1) is 0 Å². The maximum atomic E-state index is 13.4. The van der Waals surface area contributed by atoms with Gasteiger partial charge in [0, 0.05) is 0 Å². The van der Waals surface area contributed by atoms with Gasteiger partial charge in [0.05, 0.1) is 0 Å². The van der Waals surface area contributed by atoms with Gasteiger partial charge in [0.15, 0.2) is 0 Å². The van der Waals surface area contributed by atoms with E-state index in [2.05, 4.69) is 0 Å². The fourth-order valence-electron chi connectivity index (χ4n) is 3.05. The minimum absolute atomic E-state index is 0.119. The highest BCUT2D eigenvalue weighted by Gasteiger charge is 2.57. The van der Waals surface area contributed by atoms with Crippen LogP contribution < -0.4 is 14.2 Å². The normalized spacial score (nSPS) is 10.8. The molecule has 0 aliphatic rings. The summed E-state index contributed by atoms with van der Waals surface area (Å²) in [5, 5.41) is 0. The Bertz CT molecular complexity index is 902. The van der Waals surface area contributed by atoms with Crippen LogP contribution in [0.4, 0.5) is 0 Å². The number of hydrogen-bond acceptors (Lipinski definition) is 6. The molecule has 6 heteroatoms. The van der Waals surface area contributed by atoms with E-state index in [1.54, 1.807) is 91.0 Å². The molecule has 0 fully saturated rings. The fraction of sp³-hybridized carbons (Fsp3) is 0.192. The molecule has 0 saturated heterocycles. The fourth-order valence-corrected chi connectivity index (χ4v) is 3.05. The summed E-state index contributed by atoms with van der Waals surface area (Å²) >= 11 is 0. The van der Waals surface area contributed by atoms with Crippen LogP contribution in [0.5, 0.6) is 17.2 Å². The molecule has 0 aromatic heterocycles. The van der Waals surface area contributed by atoms with Gasteiger partial charge in [0.25, 0.3) is 5.41 Å². The minimum Gasteiger partial charge on any atom is -0.425 e. The lowest BCUT2D eigenvalue weighted by Crippen LogP contribution is -2.52.